The van der Waals surface area contributed by atoms with Crippen LogP contribution in [0, 0.1) is 6.92 Å². The SMILES string of the molecule is CCC(C)NS(=O)(=O)c1ccc(NC(=O)c2sc3nc(-c4ccccc4)cn3c2C)cc1. The minimum absolute atomic E-state index is 0.150. The molecule has 0 bridgehead atoms. The molecule has 166 valence electrons. The van der Waals surface area contributed by atoms with E-state index in [2.05, 4.69) is 15.0 Å². The zero-order valence-electron chi connectivity index (χ0n) is 18.0. The number of fused-ring (bicyclic) bond motifs is 1. The van der Waals surface area contributed by atoms with Gasteiger partial charge < -0.3 is 5.32 Å². The highest BCUT2D eigenvalue weighted by atomic mass is 32.2. The lowest BCUT2D eigenvalue weighted by atomic mass is 10.2. The van der Waals surface area contributed by atoms with E-state index < -0.39 is 10.0 Å². The van der Waals surface area contributed by atoms with Crippen molar-refractivity contribution in [1.29, 1.82) is 0 Å². The molecule has 1 atom stereocenters. The molecule has 0 saturated heterocycles. The third-order valence-corrected chi connectivity index (χ3v) is 7.98. The molecule has 0 spiro atoms. The number of anilines is 1. The molecule has 2 heterocycles. The average molecular weight is 469 g/mol. The van der Waals surface area contributed by atoms with Gasteiger partial charge in [0, 0.05) is 29.2 Å². The van der Waals surface area contributed by atoms with Crippen molar-refractivity contribution in [2.24, 2.45) is 0 Å². The predicted molar refractivity (Wildman–Crippen MR) is 128 cm³/mol. The number of thiazole rings is 1. The van der Waals surface area contributed by atoms with Crippen LogP contribution < -0.4 is 10.0 Å². The van der Waals surface area contributed by atoms with Gasteiger partial charge >= 0.3 is 0 Å². The van der Waals surface area contributed by atoms with Crippen LogP contribution in [0.5, 0.6) is 0 Å². The van der Waals surface area contributed by atoms with Crippen molar-refractivity contribution in [1.82, 2.24) is 14.1 Å². The minimum atomic E-state index is -3.58. The van der Waals surface area contributed by atoms with E-state index in [1.807, 2.05) is 61.7 Å². The van der Waals surface area contributed by atoms with E-state index in [9.17, 15) is 13.2 Å². The average Bonchev–Trinajstić information content (AvgIpc) is 3.34. The number of hydrogen-bond donors (Lipinski definition) is 2. The number of imidazole rings is 1. The summed E-state index contributed by atoms with van der Waals surface area (Å²) < 4.78 is 29.3. The zero-order chi connectivity index (χ0) is 22.9. The maximum atomic E-state index is 12.9. The van der Waals surface area contributed by atoms with Crippen LogP contribution in [-0.4, -0.2) is 29.8 Å². The minimum Gasteiger partial charge on any atom is -0.321 e. The summed E-state index contributed by atoms with van der Waals surface area (Å²) in [6, 6.07) is 15.9. The Morgan fingerprint density at radius 1 is 1.12 bits per heavy atom. The molecule has 4 aromatic rings. The molecule has 1 unspecified atom stereocenters. The first-order valence-corrected chi connectivity index (χ1v) is 12.6. The number of sulfonamides is 1. The Labute approximate surface area is 191 Å². The number of nitrogens with one attached hydrogen (secondary N) is 2. The van der Waals surface area contributed by atoms with Crippen molar-refractivity contribution < 1.29 is 13.2 Å². The van der Waals surface area contributed by atoms with Gasteiger partial charge in [0.15, 0.2) is 4.96 Å². The predicted octanol–water partition coefficient (Wildman–Crippen LogP) is 4.70. The van der Waals surface area contributed by atoms with Crippen LogP contribution >= 0.6 is 11.3 Å². The molecular formula is C23H24N4O3S2. The van der Waals surface area contributed by atoms with Gasteiger partial charge in [-0.25, -0.2) is 18.1 Å². The van der Waals surface area contributed by atoms with E-state index in [1.54, 1.807) is 12.1 Å². The van der Waals surface area contributed by atoms with E-state index in [0.29, 0.717) is 17.0 Å². The van der Waals surface area contributed by atoms with Crippen LogP contribution in [0.1, 0.15) is 35.6 Å². The lowest BCUT2D eigenvalue weighted by molar-refractivity contribution is 0.102. The smallest absolute Gasteiger partial charge is 0.267 e. The first-order chi connectivity index (χ1) is 15.3. The van der Waals surface area contributed by atoms with Crippen LogP contribution in [0.25, 0.3) is 16.2 Å². The standard InChI is InChI=1S/C23H24N4O3S2/c1-4-15(2)26-32(29,30)19-12-10-18(11-13-19)24-22(28)21-16(3)27-14-20(25-23(27)31-21)17-8-6-5-7-9-17/h5-15,26H,4H2,1-3H3,(H,24,28). The Morgan fingerprint density at radius 2 is 1.81 bits per heavy atom. The number of aromatic nitrogens is 2. The number of rotatable bonds is 7. The maximum Gasteiger partial charge on any atom is 0.267 e. The summed E-state index contributed by atoms with van der Waals surface area (Å²) in [6.45, 7) is 5.61. The van der Waals surface area contributed by atoms with Crippen LogP contribution in [0.2, 0.25) is 0 Å². The molecule has 1 amide bonds. The molecule has 0 fully saturated rings. The number of carbonyl (C=O) groups is 1. The Hall–Kier alpha value is -3.01. The number of hydrogen-bond acceptors (Lipinski definition) is 5. The summed E-state index contributed by atoms with van der Waals surface area (Å²) in [5.41, 5.74) is 3.20. The quantitative estimate of drug-likeness (QED) is 0.411. The molecule has 4 rings (SSSR count). The summed E-state index contributed by atoms with van der Waals surface area (Å²) >= 11 is 1.32. The molecule has 32 heavy (non-hydrogen) atoms. The van der Waals surface area contributed by atoms with Crippen molar-refractivity contribution in [2.75, 3.05) is 5.32 Å². The molecule has 0 aliphatic rings. The van der Waals surface area contributed by atoms with E-state index in [4.69, 9.17) is 0 Å². The van der Waals surface area contributed by atoms with Crippen LogP contribution in [-0.2, 0) is 10.0 Å². The molecule has 0 radical (unpaired) electrons. The highest BCUT2D eigenvalue weighted by molar-refractivity contribution is 7.89. The zero-order valence-corrected chi connectivity index (χ0v) is 19.6. The van der Waals surface area contributed by atoms with Crippen molar-refractivity contribution in [3.05, 3.63) is 71.4 Å². The van der Waals surface area contributed by atoms with Crippen LogP contribution in [0.3, 0.4) is 0 Å². The van der Waals surface area contributed by atoms with Crippen molar-refractivity contribution in [3.63, 3.8) is 0 Å². The molecule has 7 nitrogen and oxygen atoms in total. The second-order valence-electron chi connectivity index (χ2n) is 7.57. The van der Waals surface area contributed by atoms with Crippen LogP contribution in [0.4, 0.5) is 5.69 Å². The molecule has 9 heteroatoms. The number of aryl methyl sites for hydroxylation is 1. The number of benzene rings is 2. The third-order valence-electron chi connectivity index (χ3n) is 5.22. The van der Waals surface area contributed by atoms with Crippen molar-refractivity contribution in [3.8, 4) is 11.3 Å². The summed E-state index contributed by atoms with van der Waals surface area (Å²) in [7, 11) is -3.58. The molecule has 2 aromatic carbocycles. The molecule has 0 aliphatic carbocycles. The number of amides is 1. The van der Waals surface area contributed by atoms with Crippen molar-refractivity contribution in [2.45, 2.75) is 38.1 Å². The van der Waals surface area contributed by atoms with Gasteiger partial charge in [0.25, 0.3) is 5.91 Å². The first-order valence-electron chi connectivity index (χ1n) is 10.3. The van der Waals surface area contributed by atoms with Crippen molar-refractivity contribution >= 4 is 37.9 Å². The van der Waals surface area contributed by atoms with Gasteiger partial charge in [-0.2, -0.15) is 0 Å². The molecule has 0 aliphatic heterocycles. The number of carbonyl (C=O) groups excluding carboxylic acids is 1. The topological polar surface area (TPSA) is 92.6 Å². The van der Waals surface area contributed by atoms with E-state index in [1.165, 1.54) is 23.5 Å². The number of nitrogens with zero attached hydrogens (tertiary/aromatic N) is 2. The Morgan fingerprint density at radius 3 is 2.44 bits per heavy atom. The largest absolute Gasteiger partial charge is 0.321 e. The second kappa shape index (κ2) is 8.85. The van der Waals surface area contributed by atoms with E-state index >= 15 is 0 Å². The second-order valence-corrected chi connectivity index (χ2v) is 10.3. The highest BCUT2D eigenvalue weighted by Gasteiger charge is 2.19. The van der Waals surface area contributed by atoms with Gasteiger partial charge in [-0.05, 0) is 44.5 Å². The van der Waals surface area contributed by atoms with Crippen LogP contribution in [0.15, 0.2) is 65.7 Å². The summed E-state index contributed by atoms with van der Waals surface area (Å²) in [5, 5.41) is 2.84. The van der Waals surface area contributed by atoms with Gasteiger partial charge in [0.2, 0.25) is 10.0 Å². The monoisotopic (exact) mass is 468 g/mol. The molecule has 2 aromatic heterocycles. The van der Waals surface area contributed by atoms with Gasteiger partial charge in [-0.3, -0.25) is 9.20 Å². The molecular weight excluding hydrogens is 444 g/mol. The fraction of sp³-hybridized carbons (Fsp3) is 0.217. The highest BCUT2D eigenvalue weighted by Crippen LogP contribution is 2.28. The first kappa shape index (κ1) is 22.2. The maximum absolute atomic E-state index is 12.9. The van der Waals surface area contributed by atoms with E-state index in [-0.39, 0.29) is 16.8 Å². The fourth-order valence-electron chi connectivity index (χ4n) is 3.23. The summed E-state index contributed by atoms with van der Waals surface area (Å²) in [5.74, 6) is -0.257. The molecule has 2 N–H and O–H groups in total. The Kier molecular flexibility index (Phi) is 6.14. The molecule has 0 saturated carbocycles. The lowest BCUT2D eigenvalue weighted by Gasteiger charge is -2.12. The van der Waals surface area contributed by atoms with Gasteiger partial charge in [0.05, 0.1) is 10.6 Å². The van der Waals surface area contributed by atoms with E-state index in [0.717, 1.165) is 21.9 Å². The van der Waals surface area contributed by atoms with Gasteiger partial charge in [0.1, 0.15) is 4.88 Å². The summed E-state index contributed by atoms with van der Waals surface area (Å²) in [4.78, 5) is 19.0. The van der Waals surface area contributed by atoms with Gasteiger partial charge in [-0.15, -0.1) is 0 Å². The Bertz CT molecular complexity index is 1360. The summed E-state index contributed by atoms with van der Waals surface area (Å²) in [6.07, 6.45) is 2.63. The normalized spacial score (nSPS) is 12.7. The third kappa shape index (κ3) is 4.45. The van der Waals surface area contributed by atoms with Gasteiger partial charge in [-0.1, -0.05) is 48.6 Å². The fourth-order valence-corrected chi connectivity index (χ4v) is 5.56. The Balaban J connectivity index is 1.51. The lowest BCUT2D eigenvalue weighted by Crippen LogP contribution is -2.31.